The van der Waals surface area contributed by atoms with Crippen LogP contribution in [0.3, 0.4) is 0 Å². The largest absolute Gasteiger partial charge is 0.359 e. The smallest absolute Gasteiger partial charge is 0.325 e. The highest BCUT2D eigenvalue weighted by atomic mass is 16.5. The molecule has 1 saturated heterocycles. The molecule has 1 aromatic carbocycles. The van der Waals surface area contributed by atoms with Crippen molar-refractivity contribution in [1.29, 1.82) is 0 Å². The maximum Gasteiger partial charge on any atom is 0.325 e. The average molecular weight is 325 g/mol. The molecule has 0 unspecified atom stereocenters. The third-order valence-electron chi connectivity index (χ3n) is 4.94. The van der Waals surface area contributed by atoms with Crippen LogP contribution in [0.15, 0.2) is 28.8 Å². The summed E-state index contributed by atoms with van der Waals surface area (Å²) < 4.78 is 5.13. The zero-order valence-electron chi connectivity index (χ0n) is 13.8. The third-order valence-corrected chi connectivity index (χ3v) is 4.94. The summed E-state index contributed by atoms with van der Waals surface area (Å²) in [4.78, 5) is 26.5. The molecular formula is C18H19N3O3. The third kappa shape index (κ3) is 2.21. The van der Waals surface area contributed by atoms with Crippen molar-refractivity contribution >= 4 is 11.9 Å². The van der Waals surface area contributed by atoms with Crippen LogP contribution < -0.4 is 5.32 Å². The van der Waals surface area contributed by atoms with E-state index in [2.05, 4.69) is 22.6 Å². The molecule has 6 heteroatoms. The van der Waals surface area contributed by atoms with Crippen molar-refractivity contribution in [2.75, 3.05) is 0 Å². The number of benzene rings is 1. The monoisotopic (exact) mass is 325 g/mol. The average Bonchev–Trinajstić information content (AvgIpc) is 3.23. The molecule has 1 fully saturated rings. The fraction of sp³-hybridized carbons (Fsp3) is 0.389. The molecule has 1 atom stereocenters. The Bertz CT molecular complexity index is 842. The molecule has 24 heavy (non-hydrogen) atoms. The summed E-state index contributed by atoms with van der Waals surface area (Å²) in [7, 11) is 0. The van der Waals surface area contributed by atoms with E-state index in [4.69, 9.17) is 4.52 Å². The zero-order chi connectivity index (χ0) is 16.9. The van der Waals surface area contributed by atoms with Gasteiger partial charge < -0.3 is 9.84 Å². The number of carbonyl (C=O) groups excluding carboxylic acids is 2. The van der Waals surface area contributed by atoms with Crippen LogP contribution in [-0.4, -0.2) is 22.0 Å². The number of rotatable bonds is 3. The van der Waals surface area contributed by atoms with Crippen LogP contribution in [-0.2, 0) is 29.7 Å². The summed E-state index contributed by atoms with van der Waals surface area (Å²) in [6.45, 7) is 3.65. The Hall–Kier alpha value is -2.63. The van der Waals surface area contributed by atoms with E-state index in [1.807, 2.05) is 6.07 Å². The molecule has 6 nitrogen and oxygen atoms in total. The normalized spacial score (nSPS) is 22.8. The minimum Gasteiger partial charge on any atom is -0.359 e. The first kappa shape index (κ1) is 14.9. The number of amides is 3. The van der Waals surface area contributed by atoms with Gasteiger partial charge in [0.1, 0.15) is 5.54 Å². The molecule has 1 aliphatic carbocycles. The zero-order valence-corrected chi connectivity index (χ0v) is 13.8. The Morgan fingerprint density at radius 3 is 2.79 bits per heavy atom. The van der Waals surface area contributed by atoms with Gasteiger partial charge in [-0.3, -0.25) is 9.69 Å². The van der Waals surface area contributed by atoms with Crippen LogP contribution in [0.1, 0.15) is 41.5 Å². The first-order valence-corrected chi connectivity index (χ1v) is 8.16. The van der Waals surface area contributed by atoms with Crippen molar-refractivity contribution in [2.24, 2.45) is 0 Å². The number of aryl methyl sites for hydroxylation is 3. The van der Waals surface area contributed by atoms with E-state index < -0.39 is 11.6 Å². The van der Waals surface area contributed by atoms with Gasteiger partial charge in [-0.25, -0.2) is 4.79 Å². The topological polar surface area (TPSA) is 75.4 Å². The van der Waals surface area contributed by atoms with Crippen molar-refractivity contribution in [1.82, 2.24) is 15.4 Å². The Morgan fingerprint density at radius 2 is 2.04 bits per heavy atom. The summed E-state index contributed by atoms with van der Waals surface area (Å²) in [6.07, 6.45) is 3.26. The Labute approximate surface area is 139 Å². The lowest BCUT2D eigenvalue weighted by Gasteiger charge is -2.23. The molecule has 0 saturated carbocycles. The Morgan fingerprint density at radius 1 is 1.25 bits per heavy atom. The lowest BCUT2D eigenvalue weighted by molar-refractivity contribution is -0.131. The molecule has 0 bridgehead atoms. The second-order valence-corrected chi connectivity index (χ2v) is 6.72. The number of nitrogens with zero attached hydrogens (tertiary/aromatic N) is 2. The molecular weight excluding hydrogens is 306 g/mol. The molecule has 2 aliphatic rings. The SMILES string of the molecule is Cc1cc(CN2C(=O)N[C@](C)(c3ccc4c(c3)CCC4)C2=O)on1. The number of nitrogens with one attached hydrogen (secondary N) is 1. The molecule has 0 radical (unpaired) electrons. The molecule has 3 amide bonds. The van der Waals surface area contributed by atoms with Gasteiger partial charge in [-0.05, 0) is 49.8 Å². The number of urea groups is 1. The fourth-order valence-electron chi connectivity index (χ4n) is 3.57. The van der Waals surface area contributed by atoms with E-state index in [9.17, 15) is 9.59 Å². The lowest BCUT2D eigenvalue weighted by Crippen LogP contribution is -2.40. The second kappa shape index (κ2) is 5.19. The van der Waals surface area contributed by atoms with Gasteiger partial charge >= 0.3 is 6.03 Å². The fourth-order valence-corrected chi connectivity index (χ4v) is 3.57. The summed E-state index contributed by atoms with van der Waals surface area (Å²) in [5.74, 6) is 0.230. The summed E-state index contributed by atoms with van der Waals surface area (Å²) in [6, 6.07) is 7.40. The number of fused-ring (bicyclic) bond motifs is 1. The van der Waals surface area contributed by atoms with Crippen LogP contribution in [0.4, 0.5) is 4.79 Å². The van der Waals surface area contributed by atoms with Crippen LogP contribution in [0.2, 0.25) is 0 Å². The molecule has 124 valence electrons. The van der Waals surface area contributed by atoms with Gasteiger partial charge in [0.2, 0.25) is 0 Å². The van der Waals surface area contributed by atoms with Crippen LogP contribution >= 0.6 is 0 Å². The van der Waals surface area contributed by atoms with Gasteiger partial charge in [-0.2, -0.15) is 0 Å². The molecule has 0 spiro atoms. The maximum absolute atomic E-state index is 12.9. The minimum atomic E-state index is -1.04. The number of aromatic nitrogens is 1. The van der Waals surface area contributed by atoms with Crippen LogP contribution in [0.5, 0.6) is 0 Å². The molecule has 4 rings (SSSR count). The highest BCUT2D eigenvalue weighted by Gasteiger charge is 2.49. The molecule has 1 aliphatic heterocycles. The number of carbonyl (C=O) groups is 2. The Balaban J connectivity index is 1.64. The van der Waals surface area contributed by atoms with Crippen molar-refractivity contribution in [3.05, 3.63) is 52.4 Å². The van der Waals surface area contributed by atoms with Crippen molar-refractivity contribution in [3.8, 4) is 0 Å². The van der Waals surface area contributed by atoms with Gasteiger partial charge in [0, 0.05) is 6.07 Å². The van der Waals surface area contributed by atoms with Crippen molar-refractivity contribution in [3.63, 3.8) is 0 Å². The quantitative estimate of drug-likeness (QED) is 0.880. The first-order valence-electron chi connectivity index (χ1n) is 8.16. The highest BCUT2D eigenvalue weighted by Crippen LogP contribution is 2.33. The summed E-state index contributed by atoms with van der Waals surface area (Å²) in [5.41, 5.74) is 3.13. The van der Waals surface area contributed by atoms with Gasteiger partial charge in [0.15, 0.2) is 5.76 Å². The summed E-state index contributed by atoms with van der Waals surface area (Å²) >= 11 is 0. The van der Waals surface area contributed by atoms with E-state index >= 15 is 0 Å². The Kier molecular flexibility index (Phi) is 3.23. The van der Waals surface area contributed by atoms with Crippen LogP contribution in [0, 0.1) is 6.92 Å². The molecule has 2 heterocycles. The first-order chi connectivity index (χ1) is 11.5. The second-order valence-electron chi connectivity index (χ2n) is 6.72. The minimum absolute atomic E-state index is 0.0893. The van der Waals surface area contributed by atoms with Crippen molar-refractivity contribution in [2.45, 2.75) is 45.2 Å². The van der Waals surface area contributed by atoms with E-state index in [1.165, 1.54) is 16.0 Å². The highest BCUT2D eigenvalue weighted by molar-refractivity contribution is 6.07. The molecule has 1 N–H and O–H groups in total. The number of hydrogen-bond donors (Lipinski definition) is 1. The van der Waals surface area contributed by atoms with E-state index in [0.717, 1.165) is 30.5 Å². The van der Waals surface area contributed by atoms with E-state index in [-0.39, 0.29) is 12.5 Å². The summed E-state index contributed by atoms with van der Waals surface area (Å²) in [5, 5.41) is 6.64. The van der Waals surface area contributed by atoms with Gasteiger partial charge in [0.05, 0.1) is 12.2 Å². The number of imide groups is 1. The van der Waals surface area contributed by atoms with Gasteiger partial charge in [-0.1, -0.05) is 23.4 Å². The maximum atomic E-state index is 12.9. The van der Waals surface area contributed by atoms with Crippen molar-refractivity contribution < 1.29 is 14.1 Å². The standard InChI is InChI=1S/C18H19N3O3/c1-11-8-15(24-20-11)10-21-16(22)18(2,19-17(21)23)14-7-6-12-4-3-5-13(12)9-14/h6-9H,3-5,10H2,1-2H3,(H,19,23)/t18-/m1/s1. The molecule has 2 aromatic rings. The lowest BCUT2D eigenvalue weighted by atomic mass is 9.89. The van der Waals surface area contributed by atoms with Crippen LogP contribution in [0.25, 0.3) is 0 Å². The van der Waals surface area contributed by atoms with E-state index in [0.29, 0.717) is 5.76 Å². The van der Waals surface area contributed by atoms with Gasteiger partial charge in [-0.15, -0.1) is 0 Å². The van der Waals surface area contributed by atoms with Gasteiger partial charge in [0.25, 0.3) is 5.91 Å². The van der Waals surface area contributed by atoms with E-state index in [1.54, 1.807) is 19.9 Å². The predicted octanol–water partition coefficient (Wildman–Crippen LogP) is 2.44. The number of hydrogen-bond acceptors (Lipinski definition) is 4. The molecule has 1 aromatic heterocycles. The predicted molar refractivity (Wildman–Crippen MR) is 86.1 cm³/mol.